The van der Waals surface area contributed by atoms with E-state index in [1.165, 1.54) is 16.7 Å². The molecule has 1 aromatic heterocycles. The Hall–Kier alpha value is -4.47. The lowest BCUT2D eigenvalue weighted by Gasteiger charge is -2.35. The van der Waals surface area contributed by atoms with Crippen molar-refractivity contribution in [2.45, 2.75) is 62.8 Å². The molecule has 2 aliphatic rings. The van der Waals surface area contributed by atoms with Crippen LogP contribution in [-0.2, 0) is 16.8 Å². The molecule has 2 atom stereocenters. The van der Waals surface area contributed by atoms with Crippen molar-refractivity contribution in [1.29, 1.82) is 0 Å². The molecule has 1 aliphatic carbocycles. The summed E-state index contributed by atoms with van der Waals surface area (Å²) in [5.74, 6) is 0.122. The molecule has 0 bridgehead atoms. The number of carbonyl (C=O) groups is 1. The standard InChI is InChI=1S/C35H36ClNO3S.C17H19ClN2/c1-34(2,40)30-9-4-3-7-25(30)13-17-32(41-23-35(18-19-35)22-33(38)39)27-8-5-6-24(20-27)10-15-29-16-12-26-11-14-28(36)21-31(26)37-29;18-16-8-6-15(7-9-16)17(14-4-2-1-3-5-14)20-12-10-19-11-13-20/h3-12,14-16,20-21,32,40H,13,17-19,22-23H2,1-2H3,(H,38,39);1-9,17,19H,10-13H2/t32-;/m1./s1. The molecule has 2 heterocycles. The second kappa shape index (κ2) is 20.6. The Morgan fingerprint density at radius 2 is 1.49 bits per heavy atom. The predicted molar refractivity (Wildman–Crippen MR) is 255 cm³/mol. The van der Waals surface area contributed by atoms with Gasteiger partial charge in [-0.2, -0.15) is 11.8 Å². The van der Waals surface area contributed by atoms with Crippen molar-refractivity contribution in [3.05, 3.63) is 183 Å². The van der Waals surface area contributed by atoms with Gasteiger partial charge in [0.25, 0.3) is 0 Å². The van der Waals surface area contributed by atoms with Crippen LogP contribution in [0.25, 0.3) is 23.1 Å². The molecule has 6 nitrogen and oxygen atoms in total. The van der Waals surface area contributed by atoms with E-state index in [4.69, 9.17) is 28.2 Å². The molecule has 2 fully saturated rings. The molecule has 0 amide bonds. The van der Waals surface area contributed by atoms with Gasteiger partial charge in [-0.3, -0.25) is 9.69 Å². The zero-order valence-electron chi connectivity index (χ0n) is 34.9. The predicted octanol–water partition coefficient (Wildman–Crippen LogP) is 12.3. The maximum atomic E-state index is 11.5. The largest absolute Gasteiger partial charge is 0.481 e. The van der Waals surface area contributed by atoms with Crippen LogP contribution in [0.4, 0.5) is 0 Å². The van der Waals surface area contributed by atoms with Crippen molar-refractivity contribution in [2.75, 3.05) is 31.9 Å². The third-order valence-corrected chi connectivity index (χ3v) is 13.8. The summed E-state index contributed by atoms with van der Waals surface area (Å²) in [5, 5.41) is 26.3. The lowest BCUT2D eigenvalue weighted by atomic mass is 9.90. The second-order valence-corrected chi connectivity index (χ2v) is 18.9. The van der Waals surface area contributed by atoms with E-state index in [2.05, 4.69) is 95.2 Å². The van der Waals surface area contributed by atoms with Crippen molar-refractivity contribution >= 4 is 64.0 Å². The number of thioether (sulfide) groups is 1. The molecule has 3 N–H and O–H groups in total. The van der Waals surface area contributed by atoms with Gasteiger partial charge in [-0.05, 0) is 115 Å². The van der Waals surface area contributed by atoms with E-state index < -0.39 is 11.6 Å². The minimum atomic E-state index is -0.911. The van der Waals surface area contributed by atoms with Crippen molar-refractivity contribution in [1.82, 2.24) is 15.2 Å². The van der Waals surface area contributed by atoms with E-state index in [0.29, 0.717) is 11.1 Å². The minimum Gasteiger partial charge on any atom is -0.481 e. The lowest BCUT2D eigenvalue weighted by Crippen LogP contribution is -2.45. The Bertz CT molecular complexity index is 2410. The highest BCUT2D eigenvalue weighted by Crippen LogP contribution is 2.53. The second-order valence-electron chi connectivity index (χ2n) is 16.9. The smallest absolute Gasteiger partial charge is 0.303 e. The van der Waals surface area contributed by atoms with E-state index in [-0.39, 0.29) is 17.1 Å². The van der Waals surface area contributed by atoms with Crippen LogP contribution in [0, 0.1) is 5.41 Å². The number of nitrogens with zero attached hydrogens (tertiary/aromatic N) is 2. The van der Waals surface area contributed by atoms with E-state index in [0.717, 1.165) is 95.9 Å². The van der Waals surface area contributed by atoms with Crippen LogP contribution in [0.3, 0.4) is 0 Å². The first-order valence-electron chi connectivity index (χ1n) is 21.2. The molecule has 1 aliphatic heterocycles. The molecule has 1 unspecified atom stereocenters. The molecule has 5 aromatic carbocycles. The number of rotatable bonds is 15. The number of fused-ring (bicyclic) bond motifs is 1. The normalized spacial score (nSPS) is 16.1. The first kappa shape index (κ1) is 44.6. The Balaban J connectivity index is 0.000000233. The van der Waals surface area contributed by atoms with Gasteiger partial charge >= 0.3 is 5.97 Å². The highest BCUT2D eigenvalue weighted by atomic mass is 35.5. The number of hydrogen-bond donors (Lipinski definition) is 3. The first-order chi connectivity index (χ1) is 29.4. The first-order valence-corrected chi connectivity index (χ1v) is 23.0. The molecule has 1 saturated heterocycles. The topological polar surface area (TPSA) is 85.7 Å². The fourth-order valence-corrected chi connectivity index (χ4v) is 10.1. The Labute approximate surface area is 375 Å². The molecule has 9 heteroatoms. The van der Waals surface area contributed by atoms with Gasteiger partial charge < -0.3 is 15.5 Å². The molecule has 1 saturated carbocycles. The number of nitrogens with one attached hydrogen (secondary N) is 1. The van der Waals surface area contributed by atoms with Crippen molar-refractivity contribution in [3.63, 3.8) is 0 Å². The van der Waals surface area contributed by atoms with Gasteiger partial charge in [0.2, 0.25) is 0 Å². The number of aliphatic hydroxyl groups is 1. The Morgan fingerprint density at radius 3 is 2.21 bits per heavy atom. The molecule has 316 valence electrons. The van der Waals surface area contributed by atoms with Crippen molar-refractivity contribution in [2.24, 2.45) is 5.41 Å². The van der Waals surface area contributed by atoms with Crippen LogP contribution in [-0.4, -0.2) is 58.0 Å². The van der Waals surface area contributed by atoms with E-state index in [1.807, 2.05) is 86.3 Å². The maximum absolute atomic E-state index is 11.5. The van der Waals surface area contributed by atoms with Crippen LogP contribution < -0.4 is 5.32 Å². The van der Waals surface area contributed by atoms with Gasteiger partial charge in [0.15, 0.2) is 0 Å². The summed E-state index contributed by atoms with van der Waals surface area (Å²) in [6.07, 6.45) is 8.02. The Kier molecular flexibility index (Phi) is 15.1. The molecule has 6 aromatic rings. The highest BCUT2D eigenvalue weighted by molar-refractivity contribution is 7.99. The van der Waals surface area contributed by atoms with Gasteiger partial charge in [-0.15, -0.1) is 0 Å². The summed E-state index contributed by atoms with van der Waals surface area (Å²) in [7, 11) is 0. The molecular formula is C52H55Cl2N3O3S. The molecule has 0 spiro atoms. The van der Waals surface area contributed by atoms with E-state index in [1.54, 1.807) is 0 Å². The van der Waals surface area contributed by atoms with Gasteiger partial charge in [-0.1, -0.05) is 132 Å². The number of pyridine rings is 1. The van der Waals surface area contributed by atoms with Crippen LogP contribution in [0.1, 0.15) is 89.9 Å². The average Bonchev–Trinajstić information content (AvgIpc) is 4.03. The average molecular weight is 873 g/mol. The zero-order valence-corrected chi connectivity index (χ0v) is 37.3. The zero-order chi connectivity index (χ0) is 42.8. The number of carboxylic acids is 1. The summed E-state index contributed by atoms with van der Waals surface area (Å²) in [4.78, 5) is 18.8. The van der Waals surface area contributed by atoms with Gasteiger partial charge in [0, 0.05) is 52.6 Å². The number of aliphatic carboxylic acids is 1. The highest BCUT2D eigenvalue weighted by Gasteiger charge is 2.44. The van der Waals surface area contributed by atoms with E-state index in [9.17, 15) is 15.0 Å². The number of benzene rings is 5. The molecule has 0 radical (unpaired) electrons. The van der Waals surface area contributed by atoms with Crippen LogP contribution in [0.15, 0.2) is 133 Å². The van der Waals surface area contributed by atoms with Crippen molar-refractivity contribution < 1.29 is 15.0 Å². The number of piperazine rings is 1. The third kappa shape index (κ3) is 12.6. The molecule has 61 heavy (non-hydrogen) atoms. The van der Waals surface area contributed by atoms with Crippen LogP contribution in [0.5, 0.6) is 0 Å². The fraction of sp³-hybridized carbons (Fsp3) is 0.308. The lowest BCUT2D eigenvalue weighted by molar-refractivity contribution is -0.138. The van der Waals surface area contributed by atoms with Gasteiger partial charge in [0.1, 0.15) is 0 Å². The number of halogens is 2. The minimum absolute atomic E-state index is 0.0814. The number of aromatic nitrogens is 1. The van der Waals surface area contributed by atoms with Crippen molar-refractivity contribution in [3.8, 4) is 0 Å². The monoisotopic (exact) mass is 871 g/mol. The summed E-state index contributed by atoms with van der Waals surface area (Å²) < 4.78 is 0. The summed E-state index contributed by atoms with van der Waals surface area (Å²) in [6, 6.07) is 45.7. The molecule has 8 rings (SSSR count). The summed E-state index contributed by atoms with van der Waals surface area (Å²) in [6.45, 7) is 7.91. The van der Waals surface area contributed by atoms with Gasteiger partial charge in [-0.25, -0.2) is 4.98 Å². The van der Waals surface area contributed by atoms with Gasteiger partial charge in [0.05, 0.1) is 29.3 Å². The van der Waals surface area contributed by atoms with Crippen LogP contribution >= 0.6 is 35.0 Å². The quantitative estimate of drug-likeness (QED) is 0.0947. The number of aryl methyl sites for hydroxylation is 1. The SMILES string of the molecule is CC(C)(O)c1ccccc1CC[C@@H](SCC1(CC(=O)O)CC1)c1cccc(C=Cc2ccc3ccc(Cl)cc3n2)c1.Clc1ccc(C(c2ccccc2)N2CCNCC2)cc1. The van der Waals surface area contributed by atoms with Crippen LogP contribution in [0.2, 0.25) is 10.0 Å². The Morgan fingerprint density at radius 1 is 0.820 bits per heavy atom. The summed E-state index contributed by atoms with van der Waals surface area (Å²) in [5.41, 5.74) is 7.81. The summed E-state index contributed by atoms with van der Waals surface area (Å²) >= 11 is 14.1. The maximum Gasteiger partial charge on any atom is 0.303 e. The van der Waals surface area contributed by atoms with E-state index >= 15 is 0 Å². The fourth-order valence-electron chi connectivity index (χ4n) is 8.19. The third-order valence-electron chi connectivity index (χ3n) is 11.6. The number of carboxylic acid groups (broad SMARTS) is 1. The number of hydrogen-bond acceptors (Lipinski definition) is 6. The molecular weight excluding hydrogens is 818 g/mol.